The van der Waals surface area contributed by atoms with E-state index in [0.29, 0.717) is 11.0 Å². The molecule has 3 rings (SSSR count). The highest BCUT2D eigenvalue weighted by Gasteiger charge is 2.31. The number of carbonyl (C=O) groups is 1. The number of aromatic carboxylic acids is 1. The van der Waals surface area contributed by atoms with Crippen LogP contribution in [0.2, 0.25) is 0 Å². The van der Waals surface area contributed by atoms with Crippen LogP contribution in [0.3, 0.4) is 0 Å². The van der Waals surface area contributed by atoms with Gasteiger partial charge in [-0.15, -0.1) is 0 Å². The summed E-state index contributed by atoms with van der Waals surface area (Å²) in [6.45, 7) is 8.73. The van der Waals surface area contributed by atoms with Crippen molar-refractivity contribution in [3.8, 4) is 11.1 Å². The molecule has 1 aliphatic rings. The number of benzene rings is 2. The second-order valence-electron chi connectivity index (χ2n) is 9.50. The zero-order chi connectivity index (χ0) is 21.0. The summed E-state index contributed by atoms with van der Waals surface area (Å²) < 4.78 is 0. The third-order valence-electron chi connectivity index (χ3n) is 6.59. The van der Waals surface area contributed by atoms with E-state index < -0.39 is 5.97 Å². The Kier molecular flexibility index (Phi) is 6.79. The molecule has 0 atom stereocenters. The van der Waals surface area contributed by atoms with Gasteiger partial charge in [-0.05, 0) is 72.5 Å². The second-order valence-corrected chi connectivity index (χ2v) is 9.50. The maximum atomic E-state index is 11.8. The van der Waals surface area contributed by atoms with Crippen LogP contribution in [-0.4, -0.2) is 29.6 Å². The first-order valence-electron chi connectivity index (χ1n) is 10.9. The monoisotopic (exact) mass is 393 g/mol. The first-order valence-corrected chi connectivity index (χ1v) is 10.9. The lowest BCUT2D eigenvalue weighted by molar-refractivity contribution is 0.0697. The summed E-state index contributed by atoms with van der Waals surface area (Å²) in [6.07, 6.45) is 6.83. The molecule has 0 unspecified atom stereocenters. The van der Waals surface area contributed by atoms with Gasteiger partial charge in [-0.2, -0.15) is 0 Å². The lowest BCUT2D eigenvalue weighted by Crippen LogP contribution is -2.37. The maximum absolute atomic E-state index is 11.8. The smallest absolute Gasteiger partial charge is 0.336 e. The Morgan fingerprint density at radius 3 is 2.41 bits per heavy atom. The van der Waals surface area contributed by atoms with E-state index in [1.165, 1.54) is 32.1 Å². The summed E-state index contributed by atoms with van der Waals surface area (Å²) >= 11 is 0. The van der Waals surface area contributed by atoms with Crippen LogP contribution in [-0.2, 0) is 6.54 Å². The Morgan fingerprint density at radius 1 is 1.07 bits per heavy atom. The van der Waals surface area contributed by atoms with Crippen molar-refractivity contribution >= 4 is 5.97 Å². The van der Waals surface area contributed by atoms with E-state index in [1.807, 2.05) is 37.3 Å². The number of aryl methyl sites for hydroxylation is 1. The molecule has 0 heterocycles. The van der Waals surface area contributed by atoms with E-state index in [9.17, 15) is 9.90 Å². The lowest BCUT2D eigenvalue weighted by Gasteiger charge is -2.39. The summed E-state index contributed by atoms with van der Waals surface area (Å²) in [4.78, 5) is 14.2. The molecular formula is C26H35NO2. The molecule has 0 saturated heterocycles. The van der Waals surface area contributed by atoms with E-state index in [0.717, 1.165) is 41.3 Å². The van der Waals surface area contributed by atoms with Gasteiger partial charge in [-0.25, -0.2) is 4.79 Å². The summed E-state index contributed by atoms with van der Waals surface area (Å²) in [7, 11) is 2.18. The van der Waals surface area contributed by atoms with E-state index in [2.05, 4.69) is 31.9 Å². The van der Waals surface area contributed by atoms with Crippen molar-refractivity contribution in [3.63, 3.8) is 0 Å². The van der Waals surface area contributed by atoms with Crippen molar-refractivity contribution in [2.24, 2.45) is 11.3 Å². The zero-order valence-corrected chi connectivity index (χ0v) is 18.4. The van der Waals surface area contributed by atoms with E-state index >= 15 is 0 Å². The van der Waals surface area contributed by atoms with Gasteiger partial charge in [0.25, 0.3) is 0 Å². The third kappa shape index (κ3) is 5.27. The normalized spacial score (nSPS) is 15.6. The number of hydrogen-bond donors (Lipinski definition) is 1. The van der Waals surface area contributed by atoms with Crippen LogP contribution in [0.5, 0.6) is 0 Å². The Balaban J connectivity index is 1.79. The summed E-state index contributed by atoms with van der Waals surface area (Å²) in [6, 6.07) is 13.8. The molecule has 3 heteroatoms. The SMILES string of the molecule is Cc1ccccc1-c1cc(CN(C)CC(C)(C)C2CCCCC2)ccc1C(=O)O. The molecular weight excluding hydrogens is 358 g/mol. The standard InChI is InChI=1S/C26H35NO2/c1-19-10-8-9-13-22(19)24-16-20(14-15-23(24)25(28)29)17-27(4)18-26(2,3)21-11-6-5-7-12-21/h8-10,13-16,21H,5-7,11-12,17-18H2,1-4H3,(H,28,29). The maximum Gasteiger partial charge on any atom is 0.336 e. The summed E-state index contributed by atoms with van der Waals surface area (Å²) in [5.41, 5.74) is 4.74. The van der Waals surface area contributed by atoms with Crippen LogP contribution in [0.1, 0.15) is 67.4 Å². The predicted octanol–water partition coefficient (Wildman–Crippen LogP) is 6.40. The van der Waals surface area contributed by atoms with Crippen molar-refractivity contribution in [2.75, 3.05) is 13.6 Å². The fourth-order valence-corrected chi connectivity index (χ4v) is 5.05. The third-order valence-corrected chi connectivity index (χ3v) is 6.59. The van der Waals surface area contributed by atoms with Crippen LogP contribution in [0.15, 0.2) is 42.5 Å². The molecule has 3 nitrogen and oxygen atoms in total. The van der Waals surface area contributed by atoms with Gasteiger partial charge >= 0.3 is 5.97 Å². The largest absolute Gasteiger partial charge is 0.478 e. The van der Waals surface area contributed by atoms with Gasteiger partial charge in [-0.1, -0.05) is 63.4 Å². The fraction of sp³-hybridized carbons (Fsp3) is 0.500. The first-order chi connectivity index (χ1) is 13.8. The highest BCUT2D eigenvalue weighted by atomic mass is 16.4. The number of nitrogens with zero attached hydrogens (tertiary/aromatic N) is 1. The molecule has 1 fully saturated rings. The van der Waals surface area contributed by atoms with E-state index in [-0.39, 0.29) is 0 Å². The minimum Gasteiger partial charge on any atom is -0.478 e. The van der Waals surface area contributed by atoms with Gasteiger partial charge in [0.15, 0.2) is 0 Å². The van der Waals surface area contributed by atoms with Crippen molar-refractivity contribution in [1.29, 1.82) is 0 Å². The van der Waals surface area contributed by atoms with Gasteiger partial charge in [0, 0.05) is 13.1 Å². The number of hydrogen-bond acceptors (Lipinski definition) is 2. The van der Waals surface area contributed by atoms with Crippen LogP contribution in [0, 0.1) is 18.3 Å². The van der Waals surface area contributed by atoms with Crippen LogP contribution in [0.4, 0.5) is 0 Å². The molecule has 0 bridgehead atoms. The molecule has 1 aliphatic carbocycles. The molecule has 29 heavy (non-hydrogen) atoms. The molecule has 1 N–H and O–H groups in total. The summed E-state index contributed by atoms with van der Waals surface area (Å²) in [5.74, 6) is -0.0720. The molecule has 156 valence electrons. The highest BCUT2D eigenvalue weighted by molar-refractivity contribution is 5.96. The zero-order valence-electron chi connectivity index (χ0n) is 18.4. The molecule has 0 radical (unpaired) electrons. The lowest BCUT2D eigenvalue weighted by atomic mass is 9.71. The van der Waals surface area contributed by atoms with E-state index in [1.54, 1.807) is 6.07 Å². The highest BCUT2D eigenvalue weighted by Crippen LogP contribution is 2.39. The Hall–Kier alpha value is -2.13. The van der Waals surface area contributed by atoms with Crippen molar-refractivity contribution in [3.05, 3.63) is 59.2 Å². The number of carboxylic acid groups (broad SMARTS) is 1. The Morgan fingerprint density at radius 2 is 1.76 bits per heavy atom. The Bertz CT molecular complexity index is 850. The summed E-state index contributed by atoms with van der Waals surface area (Å²) in [5, 5.41) is 9.68. The van der Waals surface area contributed by atoms with Gasteiger partial charge < -0.3 is 10.0 Å². The predicted molar refractivity (Wildman–Crippen MR) is 120 cm³/mol. The average molecular weight is 394 g/mol. The Labute approximate surface area is 175 Å². The molecule has 1 saturated carbocycles. The van der Waals surface area contributed by atoms with E-state index in [4.69, 9.17) is 0 Å². The minimum atomic E-state index is -0.874. The van der Waals surface area contributed by atoms with Crippen LogP contribution < -0.4 is 0 Å². The van der Waals surface area contributed by atoms with Crippen LogP contribution in [0.25, 0.3) is 11.1 Å². The van der Waals surface area contributed by atoms with Gasteiger partial charge in [0.05, 0.1) is 5.56 Å². The molecule has 0 aromatic heterocycles. The average Bonchev–Trinajstić information content (AvgIpc) is 2.68. The van der Waals surface area contributed by atoms with Gasteiger partial charge in [-0.3, -0.25) is 0 Å². The second kappa shape index (κ2) is 9.13. The first kappa shape index (κ1) is 21.6. The topological polar surface area (TPSA) is 40.5 Å². The number of rotatable bonds is 7. The molecule has 2 aromatic carbocycles. The van der Waals surface area contributed by atoms with Crippen molar-refractivity contribution in [1.82, 2.24) is 4.90 Å². The number of carboxylic acids is 1. The van der Waals surface area contributed by atoms with Crippen LogP contribution >= 0.6 is 0 Å². The van der Waals surface area contributed by atoms with Gasteiger partial charge in [0.2, 0.25) is 0 Å². The molecule has 0 amide bonds. The fourth-order valence-electron chi connectivity index (χ4n) is 5.05. The quantitative estimate of drug-likeness (QED) is 0.592. The van der Waals surface area contributed by atoms with Gasteiger partial charge in [0.1, 0.15) is 0 Å². The molecule has 2 aromatic rings. The molecule has 0 aliphatic heterocycles. The van der Waals surface area contributed by atoms with Crippen molar-refractivity contribution in [2.45, 2.75) is 59.4 Å². The minimum absolute atomic E-state index is 0.301. The van der Waals surface area contributed by atoms with Crippen molar-refractivity contribution < 1.29 is 9.90 Å². The molecule has 0 spiro atoms.